The van der Waals surface area contributed by atoms with Crippen molar-refractivity contribution >= 4 is 23.2 Å². The number of ether oxygens (including phenoxy) is 2. The topological polar surface area (TPSA) is 44.5 Å². The van der Waals surface area contributed by atoms with Crippen LogP contribution in [-0.4, -0.2) is 12.3 Å². The van der Waals surface area contributed by atoms with Gasteiger partial charge in [0.2, 0.25) is 0 Å². The van der Waals surface area contributed by atoms with E-state index in [1.54, 1.807) is 25.3 Å². The van der Waals surface area contributed by atoms with Crippen LogP contribution in [0.3, 0.4) is 0 Å². The van der Waals surface area contributed by atoms with Gasteiger partial charge >= 0.3 is 0 Å². The van der Waals surface area contributed by atoms with Crippen LogP contribution in [0.2, 0.25) is 10.0 Å². The number of nitrogens with zero attached hydrogens (tertiary/aromatic N) is 1. The van der Waals surface area contributed by atoms with Crippen LogP contribution in [0.15, 0.2) is 53.1 Å². The summed E-state index contributed by atoms with van der Waals surface area (Å²) in [6, 6.07) is 14.5. The smallest absolute Gasteiger partial charge is 0.174 e. The van der Waals surface area contributed by atoms with Gasteiger partial charge in [-0.2, -0.15) is 0 Å². The first-order valence-corrected chi connectivity index (χ1v) is 7.60. The minimum atomic E-state index is 0.236. The average molecular weight is 350 g/mol. The van der Waals surface area contributed by atoms with Crippen LogP contribution in [0.25, 0.3) is 11.3 Å². The van der Waals surface area contributed by atoms with Gasteiger partial charge in [-0.1, -0.05) is 40.5 Å². The third-order valence-electron chi connectivity index (χ3n) is 3.21. The normalized spacial score (nSPS) is 10.6. The van der Waals surface area contributed by atoms with Gasteiger partial charge in [0.1, 0.15) is 23.8 Å². The van der Waals surface area contributed by atoms with Crippen molar-refractivity contribution < 1.29 is 14.0 Å². The highest BCUT2D eigenvalue weighted by Gasteiger charge is 2.11. The average Bonchev–Trinajstić information content (AvgIpc) is 3.04. The number of methoxy groups -OCH3 is 1. The molecule has 23 heavy (non-hydrogen) atoms. The molecule has 0 aliphatic carbocycles. The van der Waals surface area contributed by atoms with Crippen molar-refractivity contribution in [1.82, 2.24) is 5.16 Å². The Hall–Kier alpha value is -2.17. The summed E-state index contributed by atoms with van der Waals surface area (Å²) < 4.78 is 16.3. The molecular formula is C17H13Cl2NO3. The minimum absolute atomic E-state index is 0.236. The third-order valence-corrected chi connectivity index (χ3v) is 3.95. The molecule has 1 heterocycles. The summed E-state index contributed by atoms with van der Waals surface area (Å²) in [4.78, 5) is 0. The monoisotopic (exact) mass is 349 g/mol. The fourth-order valence-electron chi connectivity index (χ4n) is 2.09. The van der Waals surface area contributed by atoms with E-state index in [1.807, 2.05) is 30.3 Å². The maximum atomic E-state index is 5.95. The highest BCUT2D eigenvalue weighted by Crippen LogP contribution is 2.30. The van der Waals surface area contributed by atoms with Gasteiger partial charge in [-0.05, 0) is 24.3 Å². The maximum Gasteiger partial charge on any atom is 0.174 e. The molecule has 0 atom stereocenters. The van der Waals surface area contributed by atoms with Crippen LogP contribution in [0.5, 0.6) is 11.5 Å². The summed E-state index contributed by atoms with van der Waals surface area (Å²) >= 11 is 11.8. The van der Waals surface area contributed by atoms with Gasteiger partial charge in [-0.15, -0.1) is 0 Å². The predicted molar refractivity (Wildman–Crippen MR) is 89.3 cm³/mol. The Bertz CT molecular complexity index is 817. The number of hydrogen-bond donors (Lipinski definition) is 0. The van der Waals surface area contributed by atoms with E-state index in [9.17, 15) is 0 Å². The van der Waals surface area contributed by atoms with E-state index in [0.29, 0.717) is 27.2 Å². The lowest BCUT2D eigenvalue weighted by Crippen LogP contribution is -1.93. The number of benzene rings is 2. The van der Waals surface area contributed by atoms with Crippen LogP contribution in [0, 0.1) is 0 Å². The summed E-state index contributed by atoms with van der Waals surface area (Å²) in [5.74, 6) is 1.93. The van der Waals surface area contributed by atoms with Crippen LogP contribution in [0.4, 0.5) is 0 Å². The van der Waals surface area contributed by atoms with Crippen molar-refractivity contribution in [3.05, 3.63) is 64.3 Å². The molecule has 0 radical (unpaired) electrons. The largest absolute Gasteiger partial charge is 0.496 e. The number of rotatable bonds is 5. The number of halogens is 2. The third kappa shape index (κ3) is 3.60. The highest BCUT2D eigenvalue weighted by atomic mass is 35.5. The summed E-state index contributed by atoms with van der Waals surface area (Å²) in [6.45, 7) is 0.236. The van der Waals surface area contributed by atoms with Gasteiger partial charge in [0.05, 0.1) is 17.2 Å². The molecule has 4 nitrogen and oxygen atoms in total. The molecule has 0 bridgehead atoms. The summed E-state index contributed by atoms with van der Waals surface area (Å²) in [5.41, 5.74) is 1.55. The van der Waals surface area contributed by atoms with Crippen LogP contribution in [0.1, 0.15) is 5.76 Å². The molecule has 0 unspecified atom stereocenters. The van der Waals surface area contributed by atoms with Crippen LogP contribution >= 0.6 is 23.2 Å². The number of aromatic nitrogens is 1. The van der Waals surface area contributed by atoms with E-state index in [1.165, 1.54) is 0 Å². The molecule has 3 aromatic rings. The van der Waals surface area contributed by atoms with E-state index < -0.39 is 0 Å². The maximum absolute atomic E-state index is 5.95. The minimum Gasteiger partial charge on any atom is -0.496 e. The van der Waals surface area contributed by atoms with Crippen molar-refractivity contribution in [3.63, 3.8) is 0 Å². The Morgan fingerprint density at radius 2 is 1.87 bits per heavy atom. The molecule has 0 N–H and O–H groups in total. The Morgan fingerprint density at radius 1 is 1.04 bits per heavy atom. The fourth-order valence-corrected chi connectivity index (χ4v) is 2.37. The lowest BCUT2D eigenvalue weighted by atomic mass is 10.1. The zero-order valence-electron chi connectivity index (χ0n) is 12.3. The second-order valence-corrected chi connectivity index (χ2v) is 5.56. The van der Waals surface area contributed by atoms with Gasteiger partial charge in [0.15, 0.2) is 5.76 Å². The molecule has 0 saturated heterocycles. The highest BCUT2D eigenvalue weighted by molar-refractivity contribution is 6.42. The Kier molecular flexibility index (Phi) is 4.74. The zero-order valence-corrected chi connectivity index (χ0v) is 13.8. The zero-order chi connectivity index (χ0) is 16.2. The van der Waals surface area contributed by atoms with E-state index >= 15 is 0 Å². The van der Waals surface area contributed by atoms with E-state index in [2.05, 4.69) is 5.16 Å². The molecule has 0 aliphatic heterocycles. The predicted octanol–water partition coefficient (Wildman–Crippen LogP) is 5.24. The molecule has 0 amide bonds. The Labute approximate surface area is 143 Å². The van der Waals surface area contributed by atoms with Gasteiger partial charge in [-0.25, -0.2) is 0 Å². The van der Waals surface area contributed by atoms with Gasteiger partial charge in [0, 0.05) is 17.7 Å². The van der Waals surface area contributed by atoms with Gasteiger partial charge in [-0.3, -0.25) is 0 Å². The Balaban J connectivity index is 1.73. The second kappa shape index (κ2) is 6.94. The molecule has 3 rings (SSSR count). The van der Waals surface area contributed by atoms with Gasteiger partial charge in [0.25, 0.3) is 0 Å². The molecular weight excluding hydrogens is 337 g/mol. The van der Waals surface area contributed by atoms with Gasteiger partial charge < -0.3 is 14.0 Å². The standard InChI is InChI=1S/C17H13Cl2NO3/c1-21-17-5-3-2-4-13(17)16-9-12(23-20-16)10-22-11-6-7-14(18)15(19)8-11/h2-9H,10H2,1H3. The fraction of sp³-hybridized carbons (Fsp3) is 0.118. The van der Waals surface area contributed by atoms with Crippen LogP contribution < -0.4 is 9.47 Å². The van der Waals surface area contributed by atoms with Crippen LogP contribution in [-0.2, 0) is 6.61 Å². The lowest BCUT2D eigenvalue weighted by Gasteiger charge is -2.05. The summed E-state index contributed by atoms with van der Waals surface area (Å²) in [5, 5.41) is 4.98. The molecule has 2 aromatic carbocycles. The lowest BCUT2D eigenvalue weighted by molar-refractivity contribution is 0.249. The van der Waals surface area contributed by atoms with Crippen molar-refractivity contribution in [2.75, 3.05) is 7.11 Å². The first-order chi connectivity index (χ1) is 11.2. The van der Waals surface area contributed by atoms with Crippen molar-refractivity contribution in [2.45, 2.75) is 6.61 Å². The van der Waals surface area contributed by atoms with E-state index in [0.717, 1.165) is 11.3 Å². The summed E-state index contributed by atoms with van der Waals surface area (Å²) in [7, 11) is 1.62. The molecule has 1 aromatic heterocycles. The van der Waals surface area contributed by atoms with Crippen molar-refractivity contribution in [2.24, 2.45) is 0 Å². The quantitative estimate of drug-likeness (QED) is 0.632. The first-order valence-electron chi connectivity index (χ1n) is 6.84. The Morgan fingerprint density at radius 3 is 2.65 bits per heavy atom. The second-order valence-electron chi connectivity index (χ2n) is 4.74. The summed E-state index contributed by atoms with van der Waals surface area (Å²) in [6.07, 6.45) is 0. The van der Waals surface area contributed by atoms with Crippen molar-refractivity contribution in [1.29, 1.82) is 0 Å². The molecule has 0 spiro atoms. The first kappa shape index (κ1) is 15.7. The van der Waals surface area contributed by atoms with E-state index in [-0.39, 0.29) is 6.61 Å². The number of hydrogen-bond acceptors (Lipinski definition) is 4. The SMILES string of the molecule is COc1ccccc1-c1cc(COc2ccc(Cl)c(Cl)c2)on1. The van der Waals surface area contributed by atoms with E-state index in [4.69, 9.17) is 37.2 Å². The number of para-hydroxylation sites is 1. The van der Waals surface area contributed by atoms with Crippen molar-refractivity contribution in [3.8, 4) is 22.8 Å². The molecule has 0 aliphatic rings. The molecule has 118 valence electrons. The molecule has 0 saturated carbocycles. The molecule has 6 heteroatoms. The molecule has 0 fully saturated rings.